The van der Waals surface area contributed by atoms with E-state index in [-0.39, 0.29) is 12.4 Å². The maximum Gasteiger partial charge on any atom is 0.191 e. The van der Waals surface area contributed by atoms with E-state index >= 15 is 0 Å². The summed E-state index contributed by atoms with van der Waals surface area (Å²) in [6, 6.07) is 12.1. The van der Waals surface area contributed by atoms with Crippen LogP contribution in [0.2, 0.25) is 5.02 Å². The third kappa shape index (κ3) is 5.11. The minimum absolute atomic E-state index is 0.243. The van der Waals surface area contributed by atoms with Crippen LogP contribution in [0.25, 0.3) is 0 Å². The highest BCUT2D eigenvalue weighted by Gasteiger charge is 2.13. The monoisotopic (exact) mass is 403 g/mol. The van der Waals surface area contributed by atoms with Crippen LogP contribution in [0.15, 0.2) is 60.3 Å². The van der Waals surface area contributed by atoms with E-state index in [0.717, 1.165) is 22.0 Å². The van der Waals surface area contributed by atoms with Crippen LogP contribution in [-0.4, -0.2) is 14.8 Å². The lowest BCUT2D eigenvalue weighted by molar-refractivity contribution is 0.289. The molecule has 1 aromatic heterocycles. The maximum atomic E-state index is 13.3. The van der Waals surface area contributed by atoms with E-state index in [2.05, 4.69) is 16.8 Å². The molecule has 3 aromatic rings. The number of nitrogens with zero attached hydrogens (tertiary/aromatic N) is 3. The topological polar surface area (TPSA) is 39.9 Å². The first-order valence-electron chi connectivity index (χ1n) is 8.36. The van der Waals surface area contributed by atoms with Crippen LogP contribution in [0.4, 0.5) is 4.39 Å². The highest BCUT2D eigenvalue weighted by molar-refractivity contribution is 7.98. The Balaban J connectivity index is 1.70. The van der Waals surface area contributed by atoms with Crippen LogP contribution in [-0.2, 0) is 18.9 Å². The number of aryl methyl sites for hydroxylation is 1. The molecule has 0 aliphatic heterocycles. The van der Waals surface area contributed by atoms with Gasteiger partial charge in [-0.1, -0.05) is 41.6 Å². The lowest BCUT2D eigenvalue weighted by atomic mass is 10.2. The molecule has 0 unspecified atom stereocenters. The van der Waals surface area contributed by atoms with Crippen molar-refractivity contribution in [3.63, 3.8) is 0 Å². The molecule has 0 N–H and O–H groups in total. The van der Waals surface area contributed by atoms with Gasteiger partial charge in [0.25, 0.3) is 0 Å². The van der Waals surface area contributed by atoms with Gasteiger partial charge in [0, 0.05) is 17.3 Å². The lowest BCUT2D eigenvalue weighted by Gasteiger charge is -2.10. The van der Waals surface area contributed by atoms with E-state index in [1.54, 1.807) is 18.2 Å². The van der Waals surface area contributed by atoms with Crippen LogP contribution in [0.1, 0.15) is 17.0 Å². The number of aromatic nitrogens is 3. The molecule has 0 aliphatic carbocycles. The quantitative estimate of drug-likeness (QED) is 0.371. The van der Waals surface area contributed by atoms with Gasteiger partial charge in [-0.25, -0.2) is 4.39 Å². The molecule has 3 rings (SSSR count). The molecule has 1 heterocycles. The summed E-state index contributed by atoms with van der Waals surface area (Å²) >= 11 is 7.54. The molecule has 0 spiro atoms. The molecule has 7 heteroatoms. The summed E-state index contributed by atoms with van der Waals surface area (Å²) in [4.78, 5) is 0. The van der Waals surface area contributed by atoms with Gasteiger partial charge in [0.2, 0.25) is 0 Å². The van der Waals surface area contributed by atoms with Crippen molar-refractivity contribution in [3.8, 4) is 5.75 Å². The molecule has 0 fully saturated rings. The minimum atomic E-state index is -0.243. The zero-order valence-corrected chi connectivity index (χ0v) is 16.4. The van der Waals surface area contributed by atoms with E-state index in [4.69, 9.17) is 16.3 Å². The van der Waals surface area contributed by atoms with E-state index in [1.165, 1.54) is 23.9 Å². The number of hydrogen-bond acceptors (Lipinski definition) is 4. The summed E-state index contributed by atoms with van der Waals surface area (Å²) in [5, 5.41) is 9.93. The van der Waals surface area contributed by atoms with Crippen molar-refractivity contribution >= 4 is 23.4 Å². The van der Waals surface area contributed by atoms with E-state index in [9.17, 15) is 4.39 Å². The van der Waals surface area contributed by atoms with Crippen LogP contribution >= 0.6 is 23.4 Å². The van der Waals surface area contributed by atoms with Gasteiger partial charge in [-0.15, -0.1) is 16.8 Å². The second kappa shape index (κ2) is 9.06. The largest absolute Gasteiger partial charge is 0.486 e. The second-order valence-corrected chi connectivity index (χ2v) is 7.27. The van der Waals surface area contributed by atoms with Gasteiger partial charge in [-0.05, 0) is 48.4 Å². The molecule has 140 valence electrons. The molecule has 0 bridgehead atoms. The van der Waals surface area contributed by atoms with Gasteiger partial charge < -0.3 is 4.74 Å². The zero-order chi connectivity index (χ0) is 19.2. The Morgan fingerprint density at radius 1 is 1.26 bits per heavy atom. The van der Waals surface area contributed by atoms with Gasteiger partial charge in [0.05, 0.1) is 0 Å². The highest BCUT2D eigenvalue weighted by atomic mass is 35.5. The van der Waals surface area contributed by atoms with Crippen LogP contribution < -0.4 is 4.74 Å². The molecule has 0 saturated heterocycles. The fraction of sp³-hybridized carbons (Fsp3) is 0.200. The first kappa shape index (κ1) is 19.5. The summed E-state index contributed by atoms with van der Waals surface area (Å²) in [5.41, 5.74) is 1.84. The van der Waals surface area contributed by atoms with Gasteiger partial charge >= 0.3 is 0 Å². The predicted octanol–water partition coefficient (Wildman–Crippen LogP) is 5.44. The minimum Gasteiger partial charge on any atom is -0.486 e. The van der Waals surface area contributed by atoms with Crippen LogP contribution in [0.3, 0.4) is 0 Å². The van der Waals surface area contributed by atoms with Crippen molar-refractivity contribution in [1.82, 2.24) is 14.8 Å². The Morgan fingerprint density at radius 2 is 2.11 bits per heavy atom. The molecule has 2 aromatic carbocycles. The van der Waals surface area contributed by atoms with Gasteiger partial charge in [-0.3, -0.25) is 4.57 Å². The average Bonchev–Trinajstić information content (AvgIpc) is 3.03. The summed E-state index contributed by atoms with van der Waals surface area (Å²) < 4.78 is 21.1. The Kier molecular flexibility index (Phi) is 6.53. The van der Waals surface area contributed by atoms with Gasteiger partial charge in [0.15, 0.2) is 11.0 Å². The number of hydrogen-bond donors (Lipinski definition) is 0. The standard InChI is InChI=1S/C20H19ClFN3OS/c1-3-9-25-19(12-26-17-7-8-18(21)14(2)10-17)23-24-20(25)27-13-15-5-4-6-16(22)11-15/h3-8,10-11H,1,9,12-13H2,2H3. The Bertz CT molecular complexity index is 945. The zero-order valence-electron chi connectivity index (χ0n) is 14.9. The van der Waals surface area contributed by atoms with Crippen molar-refractivity contribution in [2.45, 2.75) is 31.0 Å². The average molecular weight is 404 g/mol. The molecule has 0 amide bonds. The summed E-state index contributed by atoms with van der Waals surface area (Å²) in [6.07, 6.45) is 1.78. The number of ether oxygens (including phenoxy) is 1. The summed E-state index contributed by atoms with van der Waals surface area (Å²) in [6.45, 7) is 6.57. The normalized spacial score (nSPS) is 10.8. The second-order valence-electron chi connectivity index (χ2n) is 5.92. The molecule has 0 atom stereocenters. The van der Waals surface area contributed by atoms with E-state index in [1.807, 2.05) is 29.7 Å². The third-order valence-corrected chi connectivity index (χ3v) is 5.32. The first-order chi connectivity index (χ1) is 13.1. The lowest BCUT2D eigenvalue weighted by Crippen LogP contribution is -2.07. The molecule has 0 aliphatic rings. The fourth-order valence-electron chi connectivity index (χ4n) is 2.47. The van der Waals surface area contributed by atoms with Gasteiger partial charge in [0.1, 0.15) is 18.2 Å². The molecule has 27 heavy (non-hydrogen) atoms. The summed E-state index contributed by atoms with van der Waals surface area (Å²) in [7, 11) is 0. The smallest absolute Gasteiger partial charge is 0.191 e. The van der Waals surface area contributed by atoms with Crippen LogP contribution in [0, 0.1) is 12.7 Å². The maximum absolute atomic E-state index is 13.3. The fourth-order valence-corrected chi connectivity index (χ4v) is 3.50. The Morgan fingerprint density at radius 3 is 2.85 bits per heavy atom. The van der Waals surface area contributed by atoms with Crippen LogP contribution in [0.5, 0.6) is 5.75 Å². The van der Waals surface area contributed by atoms with Crippen molar-refractivity contribution < 1.29 is 9.13 Å². The number of thioether (sulfide) groups is 1. The van der Waals surface area contributed by atoms with E-state index < -0.39 is 0 Å². The predicted molar refractivity (Wildman–Crippen MR) is 107 cm³/mol. The SMILES string of the molecule is C=CCn1c(COc2ccc(Cl)c(C)c2)nnc1SCc1cccc(F)c1. The van der Waals surface area contributed by atoms with Crippen molar-refractivity contribution in [2.24, 2.45) is 0 Å². The first-order valence-corrected chi connectivity index (χ1v) is 9.72. The Hall–Kier alpha value is -2.31. The third-order valence-electron chi connectivity index (χ3n) is 3.86. The van der Waals surface area contributed by atoms with Crippen molar-refractivity contribution in [2.75, 3.05) is 0 Å². The number of halogens is 2. The van der Waals surface area contributed by atoms with E-state index in [0.29, 0.717) is 23.1 Å². The molecule has 0 radical (unpaired) electrons. The summed E-state index contributed by atoms with van der Waals surface area (Å²) in [5.74, 6) is 1.78. The number of benzene rings is 2. The number of rotatable bonds is 8. The molecular weight excluding hydrogens is 385 g/mol. The molecular formula is C20H19ClFN3OS. The molecule has 0 saturated carbocycles. The Labute approximate surface area is 167 Å². The molecule has 4 nitrogen and oxygen atoms in total. The highest BCUT2D eigenvalue weighted by Crippen LogP contribution is 2.24. The number of allylic oxidation sites excluding steroid dienone is 1. The van der Waals surface area contributed by atoms with Crippen molar-refractivity contribution in [1.29, 1.82) is 0 Å². The van der Waals surface area contributed by atoms with Gasteiger partial charge in [-0.2, -0.15) is 0 Å². The van der Waals surface area contributed by atoms with Crippen molar-refractivity contribution in [3.05, 3.63) is 82.9 Å².